The first-order valence-corrected chi connectivity index (χ1v) is 5.36. The summed E-state index contributed by atoms with van der Waals surface area (Å²) in [5.74, 6) is 1.04. The molecule has 0 amide bonds. The van der Waals surface area contributed by atoms with Crippen molar-refractivity contribution in [3.05, 3.63) is 48.0 Å². The van der Waals surface area contributed by atoms with Gasteiger partial charge in [0.15, 0.2) is 5.78 Å². The second kappa shape index (κ2) is 4.31. The van der Waals surface area contributed by atoms with E-state index >= 15 is 0 Å². The van der Waals surface area contributed by atoms with Gasteiger partial charge in [0, 0.05) is 24.4 Å². The van der Waals surface area contributed by atoms with Crippen LogP contribution in [0.2, 0.25) is 0 Å². The molecular weight excluding hydrogens is 200 g/mol. The zero-order valence-electron chi connectivity index (χ0n) is 9.47. The number of aryl methyl sites for hydroxylation is 1. The van der Waals surface area contributed by atoms with Gasteiger partial charge < -0.3 is 4.57 Å². The van der Waals surface area contributed by atoms with Crippen LogP contribution in [0.1, 0.15) is 30.0 Å². The Bertz CT molecular complexity index is 514. The molecule has 16 heavy (non-hydrogen) atoms. The van der Waals surface area contributed by atoms with E-state index in [1.54, 1.807) is 13.1 Å². The average Bonchev–Trinajstić information content (AvgIpc) is 2.76. The average molecular weight is 214 g/mol. The lowest BCUT2D eigenvalue weighted by molar-refractivity contribution is 0.101. The molecule has 0 atom stereocenters. The Kier molecular flexibility index (Phi) is 2.86. The molecule has 3 nitrogen and oxygen atoms in total. The number of aromatic nitrogens is 2. The van der Waals surface area contributed by atoms with Crippen molar-refractivity contribution in [1.82, 2.24) is 9.55 Å². The highest BCUT2D eigenvalue weighted by atomic mass is 16.1. The topological polar surface area (TPSA) is 34.9 Å². The third kappa shape index (κ3) is 1.76. The maximum atomic E-state index is 11.5. The summed E-state index contributed by atoms with van der Waals surface area (Å²) >= 11 is 0. The molecule has 0 aliphatic rings. The van der Waals surface area contributed by atoms with Crippen molar-refractivity contribution in [1.29, 1.82) is 0 Å². The fourth-order valence-corrected chi connectivity index (χ4v) is 1.80. The van der Waals surface area contributed by atoms with Crippen molar-refractivity contribution in [2.75, 3.05) is 0 Å². The molecule has 0 aliphatic heterocycles. The zero-order valence-corrected chi connectivity index (χ0v) is 9.47. The van der Waals surface area contributed by atoms with Crippen LogP contribution in [0.5, 0.6) is 0 Å². The van der Waals surface area contributed by atoms with Crippen molar-refractivity contribution in [3.63, 3.8) is 0 Å². The summed E-state index contributed by atoms with van der Waals surface area (Å²) in [5, 5.41) is 0. The molecule has 0 bridgehead atoms. The van der Waals surface area contributed by atoms with Crippen LogP contribution in [0.15, 0.2) is 36.7 Å². The molecule has 0 N–H and O–H groups in total. The third-order valence-corrected chi connectivity index (χ3v) is 2.58. The molecule has 1 heterocycles. The lowest BCUT2D eigenvalue weighted by Gasteiger charge is -2.10. The van der Waals surface area contributed by atoms with E-state index < -0.39 is 0 Å². The molecule has 3 heteroatoms. The van der Waals surface area contributed by atoms with Crippen LogP contribution < -0.4 is 0 Å². The smallest absolute Gasteiger partial charge is 0.161 e. The molecule has 0 spiro atoms. The minimum atomic E-state index is 0.0753. The first-order valence-electron chi connectivity index (χ1n) is 5.36. The van der Waals surface area contributed by atoms with Crippen LogP contribution in [0.3, 0.4) is 0 Å². The van der Waals surface area contributed by atoms with Crippen molar-refractivity contribution in [3.8, 4) is 5.69 Å². The lowest BCUT2D eigenvalue weighted by Crippen LogP contribution is -2.05. The minimum Gasteiger partial charge on any atom is -0.303 e. The highest BCUT2D eigenvalue weighted by Crippen LogP contribution is 2.17. The number of benzene rings is 1. The van der Waals surface area contributed by atoms with Gasteiger partial charge in [-0.2, -0.15) is 0 Å². The predicted octanol–water partition coefficient (Wildman–Crippen LogP) is 2.64. The van der Waals surface area contributed by atoms with Gasteiger partial charge in [0.2, 0.25) is 0 Å². The van der Waals surface area contributed by atoms with Crippen molar-refractivity contribution in [2.45, 2.75) is 20.3 Å². The molecule has 0 saturated heterocycles. The van der Waals surface area contributed by atoms with E-state index in [-0.39, 0.29) is 5.78 Å². The van der Waals surface area contributed by atoms with Gasteiger partial charge in [-0.05, 0) is 19.1 Å². The SMILES string of the molecule is CCc1nccn1-c1ccccc1C(C)=O. The number of hydrogen-bond acceptors (Lipinski definition) is 2. The fraction of sp³-hybridized carbons (Fsp3) is 0.231. The van der Waals surface area contributed by atoms with Crippen LogP contribution in [0, 0.1) is 0 Å². The van der Waals surface area contributed by atoms with Gasteiger partial charge in [0.25, 0.3) is 0 Å². The number of Topliss-reactive ketones (excluding diaryl/α,β-unsaturated/α-hetero) is 1. The normalized spacial score (nSPS) is 10.4. The Morgan fingerprint density at radius 3 is 2.81 bits per heavy atom. The number of nitrogens with zero attached hydrogens (tertiary/aromatic N) is 2. The van der Waals surface area contributed by atoms with Crippen LogP contribution in [0.4, 0.5) is 0 Å². The molecule has 82 valence electrons. The molecule has 1 aromatic heterocycles. The number of carbonyl (C=O) groups is 1. The molecule has 1 aromatic carbocycles. The van der Waals surface area contributed by atoms with Crippen LogP contribution in [0.25, 0.3) is 5.69 Å². The Hall–Kier alpha value is -1.90. The van der Waals surface area contributed by atoms with Gasteiger partial charge >= 0.3 is 0 Å². The first-order chi connectivity index (χ1) is 7.74. The summed E-state index contributed by atoms with van der Waals surface area (Å²) in [6.45, 7) is 3.64. The standard InChI is InChI=1S/C13H14N2O/c1-3-13-14-8-9-15(13)12-7-5-4-6-11(12)10(2)16/h4-9H,3H2,1-2H3. The molecule has 0 aliphatic carbocycles. The number of ketones is 1. The largest absolute Gasteiger partial charge is 0.303 e. The Labute approximate surface area is 94.7 Å². The summed E-state index contributed by atoms with van der Waals surface area (Å²) in [7, 11) is 0. The van der Waals surface area contributed by atoms with Gasteiger partial charge in [-0.1, -0.05) is 19.1 Å². The molecule has 0 fully saturated rings. The Balaban J connectivity index is 2.60. The monoisotopic (exact) mass is 214 g/mol. The van der Waals surface area contributed by atoms with Crippen LogP contribution >= 0.6 is 0 Å². The van der Waals surface area contributed by atoms with E-state index in [1.165, 1.54) is 0 Å². The second-order valence-electron chi connectivity index (χ2n) is 3.64. The van der Waals surface area contributed by atoms with Crippen LogP contribution in [-0.4, -0.2) is 15.3 Å². The van der Waals surface area contributed by atoms with Gasteiger partial charge in [0.05, 0.1) is 5.69 Å². The van der Waals surface area contributed by atoms with Crippen molar-refractivity contribution >= 4 is 5.78 Å². The summed E-state index contributed by atoms with van der Waals surface area (Å²) in [5.41, 5.74) is 1.64. The molecule has 0 saturated carbocycles. The number of rotatable bonds is 3. The van der Waals surface area contributed by atoms with Gasteiger partial charge in [-0.25, -0.2) is 4.98 Å². The molecule has 2 aromatic rings. The van der Waals surface area contributed by atoms with E-state index in [2.05, 4.69) is 11.9 Å². The van der Waals surface area contributed by atoms with Crippen molar-refractivity contribution in [2.24, 2.45) is 0 Å². The van der Waals surface area contributed by atoms with Gasteiger partial charge in [-0.15, -0.1) is 0 Å². The van der Waals surface area contributed by atoms with Crippen molar-refractivity contribution < 1.29 is 4.79 Å². The fourth-order valence-electron chi connectivity index (χ4n) is 1.80. The highest BCUT2D eigenvalue weighted by Gasteiger charge is 2.10. The highest BCUT2D eigenvalue weighted by molar-refractivity contribution is 5.97. The lowest BCUT2D eigenvalue weighted by atomic mass is 10.1. The van der Waals surface area contributed by atoms with E-state index in [9.17, 15) is 4.79 Å². The predicted molar refractivity (Wildman–Crippen MR) is 62.9 cm³/mol. The quantitative estimate of drug-likeness (QED) is 0.736. The minimum absolute atomic E-state index is 0.0753. The molecule has 0 unspecified atom stereocenters. The summed E-state index contributed by atoms with van der Waals surface area (Å²) in [6.07, 6.45) is 4.50. The second-order valence-corrected chi connectivity index (χ2v) is 3.64. The van der Waals surface area contributed by atoms with Gasteiger partial charge in [-0.3, -0.25) is 4.79 Å². The number of imidazole rings is 1. The summed E-state index contributed by atoms with van der Waals surface area (Å²) in [4.78, 5) is 15.8. The maximum absolute atomic E-state index is 11.5. The van der Waals surface area contributed by atoms with Crippen LogP contribution in [-0.2, 0) is 6.42 Å². The third-order valence-electron chi connectivity index (χ3n) is 2.58. The number of hydrogen-bond donors (Lipinski definition) is 0. The number of carbonyl (C=O) groups excluding carboxylic acids is 1. The zero-order chi connectivity index (χ0) is 11.5. The molecule has 2 rings (SSSR count). The Morgan fingerprint density at radius 1 is 1.38 bits per heavy atom. The van der Waals surface area contributed by atoms with E-state index in [0.29, 0.717) is 0 Å². The van der Waals surface area contributed by atoms with E-state index in [4.69, 9.17) is 0 Å². The molecular formula is C13H14N2O. The maximum Gasteiger partial charge on any atom is 0.161 e. The first kappa shape index (κ1) is 10.6. The van der Waals surface area contributed by atoms with Gasteiger partial charge in [0.1, 0.15) is 5.82 Å². The summed E-state index contributed by atoms with van der Waals surface area (Å²) in [6, 6.07) is 7.60. The van der Waals surface area contributed by atoms with E-state index in [0.717, 1.165) is 23.5 Å². The van der Waals surface area contributed by atoms with E-state index in [1.807, 2.05) is 35.0 Å². The molecule has 0 radical (unpaired) electrons. The Morgan fingerprint density at radius 2 is 2.12 bits per heavy atom. The summed E-state index contributed by atoms with van der Waals surface area (Å²) < 4.78 is 1.97. The number of para-hydroxylation sites is 1.